The Morgan fingerprint density at radius 3 is 2.00 bits per heavy atom. The second kappa shape index (κ2) is 4.36. The van der Waals surface area contributed by atoms with Gasteiger partial charge < -0.3 is 16.1 Å². The van der Waals surface area contributed by atoms with Gasteiger partial charge in [0, 0.05) is 0 Å². The number of alkyl halides is 1. The molecule has 0 amide bonds. The smallest absolute Gasteiger partial charge is 0.129 e. The second-order valence-electron chi connectivity index (χ2n) is 0.506. The zero-order valence-corrected chi connectivity index (χ0v) is 3.40. The molecule has 0 aliphatic rings. The number of halogens is 1. The van der Waals surface area contributed by atoms with E-state index in [1.54, 1.807) is 0 Å². The van der Waals surface area contributed by atoms with E-state index in [0.29, 0.717) is 0 Å². The van der Waals surface area contributed by atoms with Gasteiger partial charge in [0.1, 0.15) is 6.67 Å². The Kier molecular flexibility index (Phi) is 6.56. The molecular formula is C2H6FNO2. The van der Waals surface area contributed by atoms with Crippen LogP contribution in [-0.2, 0) is 4.79 Å². The Morgan fingerprint density at radius 2 is 2.00 bits per heavy atom. The summed E-state index contributed by atoms with van der Waals surface area (Å²) in [6.07, 6.45) is 0. The summed E-state index contributed by atoms with van der Waals surface area (Å²) in [6.45, 7) is -1.39. The van der Waals surface area contributed by atoms with Crippen molar-refractivity contribution in [2.24, 2.45) is 0 Å². The Morgan fingerprint density at radius 1 is 1.83 bits per heavy atom. The molecule has 3 nitrogen and oxygen atoms in total. The Balaban J connectivity index is 0. The van der Waals surface area contributed by atoms with Crippen LogP contribution in [0.4, 0.5) is 4.39 Å². The highest BCUT2D eigenvalue weighted by Crippen LogP contribution is 1.54. The minimum absolute atomic E-state index is 0. The quantitative estimate of drug-likeness (QED) is 0.459. The Labute approximate surface area is 34.4 Å². The highest BCUT2D eigenvalue weighted by atomic mass is 19.2. The zero-order chi connectivity index (χ0) is 4.28. The van der Waals surface area contributed by atoms with Crippen molar-refractivity contribution in [3.8, 4) is 0 Å². The van der Waals surface area contributed by atoms with E-state index in [2.05, 4.69) is 0 Å². The van der Waals surface area contributed by atoms with Gasteiger partial charge in [0.15, 0.2) is 0 Å². The number of carboxylic acid groups (broad SMARTS) is 1. The topological polar surface area (TPSA) is 76.6 Å². The van der Waals surface area contributed by atoms with Crippen molar-refractivity contribution in [2.45, 2.75) is 0 Å². The van der Waals surface area contributed by atoms with Gasteiger partial charge in [-0.2, -0.15) is 0 Å². The lowest BCUT2D eigenvalue weighted by molar-refractivity contribution is -0.306. The molecule has 0 aromatic carbocycles. The molecule has 0 bridgehead atoms. The van der Waals surface area contributed by atoms with Gasteiger partial charge in [-0.15, -0.1) is 0 Å². The molecule has 6 heavy (non-hydrogen) atoms. The summed E-state index contributed by atoms with van der Waals surface area (Å²) in [7, 11) is 0. The predicted molar refractivity (Wildman–Crippen MR) is 17.0 cm³/mol. The first-order valence-electron chi connectivity index (χ1n) is 1.03. The van der Waals surface area contributed by atoms with Crippen LogP contribution in [0.5, 0.6) is 0 Å². The number of quaternary nitrogens is 1. The van der Waals surface area contributed by atoms with Crippen LogP contribution in [0.3, 0.4) is 0 Å². The fourth-order valence-electron chi connectivity index (χ4n) is 0. The van der Waals surface area contributed by atoms with Crippen LogP contribution in [-0.4, -0.2) is 12.6 Å². The molecule has 0 saturated carbocycles. The summed E-state index contributed by atoms with van der Waals surface area (Å²) < 4.78 is 10.5. The summed E-state index contributed by atoms with van der Waals surface area (Å²) in [6, 6.07) is 0. The van der Waals surface area contributed by atoms with Crippen LogP contribution in [0, 0.1) is 0 Å². The van der Waals surface area contributed by atoms with Crippen molar-refractivity contribution < 1.29 is 14.3 Å². The Bertz CT molecular complexity index is 46.8. The lowest BCUT2D eigenvalue weighted by Gasteiger charge is -1.84. The molecule has 0 heterocycles. The normalized spacial score (nSPS) is 6.17. The van der Waals surface area contributed by atoms with E-state index >= 15 is 0 Å². The van der Waals surface area contributed by atoms with Crippen LogP contribution in [0.15, 0.2) is 0 Å². The first kappa shape index (κ1) is 9.03. The number of hydrogen-bond donors (Lipinski definition) is 1. The van der Waals surface area contributed by atoms with Crippen LogP contribution < -0.4 is 11.3 Å². The highest BCUT2D eigenvalue weighted by molar-refractivity contribution is 5.65. The standard InChI is InChI=1S/C2H3FO2.H3N/c3-1-2(4)5;/h1H2,(H,4,5);1H3/i1+2;. The molecule has 0 unspecified atom stereocenters. The summed E-state index contributed by atoms with van der Waals surface area (Å²) in [4.78, 5) is 8.88. The van der Waals surface area contributed by atoms with Crippen molar-refractivity contribution in [1.29, 1.82) is 0 Å². The van der Waals surface area contributed by atoms with E-state index < -0.39 is 12.6 Å². The van der Waals surface area contributed by atoms with E-state index in [9.17, 15) is 4.39 Å². The van der Waals surface area contributed by atoms with Gasteiger partial charge in [-0.3, -0.25) is 0 Å². The van der Waals surface area contributed by atoms with E-state index in [-0.39, 0.29) is 6.15 Å². The molecule has 0 rings (SSSR count). The van der Waals surface area contributed by atoms with Crippen LogP contribution in [0.25, 0.3) is 0 Å². The molecular weight excluding hydrogens is 91.0 g/mol. The monoisotopic (exact) mass is 97.0 g/mol. The molecule has 0 aromatic rings. The molecule has 0 saturated heterocycles. The predicted octanol–water partition coefficient (Wildman–Crippen LogP) is -0.918. The SMILES string of the molecule is O=C([O-])[14CH2]F.[NH4+]. The van der Waals surface area contributed by atoms with Gasteiger partial charge >= 0.3 is 0 Å². The molecule has 0 radical (unpaired) electrons. The molecule has 4 N–H and O–H groups in total. The summed E-state index contributed by atoms with van der Waals surface area (Å²) in [5, 5.41) is 8.88. The fraction of sp³-hybridized carbons (Fsp3) is 0.500. The lowest BCUT2D eigenvalue weighted by atomic mass is 11.3. The molecule has 0 fully saturated rings. The van der Waals surface area contributed by atoms with Gasteiger partial charge in [-0.05, 0) is 0 Å². The van der Waals surface area contributed by atoms with Crippen molar-refractivity contribution in [3.63, 3.8) is 0 Å². The van der Waals surface area contributed by atoms with Crippen molar-refractivity contribution in [3.05, 3.63) is 0 Å². The van der Waals surface area contributed by atoms with Gasteiger partial charge in [0.2, 0.25) is 0 Å². The molecule has 0 aliphatic carbocycles. The van der Waals surface area contributed by atoms with Gasteiger partial charge in [0.05, 0.1) is 5.97 Å². The summed E-state index contributed by atoms with van der Waals surface area (Å²) >= 11 is 0. The largest absolute Gasteiger partial charge is 0.547 e. The molecule has 38 valence electrons. The van der Waals surface area contributed by atoms with Crippen molar-refractivity contribution in [1.82, 2.24) is 6.15 Å². The second-order valence-corrected chi connectivity index (χ2v) is 0.506. The minimum Gasteiger partial charge on any atom is -0.547 e. The number of carbonyl (C=O) groups is 1. The van der Waals surface area contributed by atoms with E-state index in [4.69, 9.17) is 9.90 Å². The maximum absolute atomic E-state index is 10.5. The summed E-state index contributed by atoms with van der Waals surface area (Å²) in [5.41, 5.74) is 0. The van der Waals surface area contributed by atoms with Gasteiger partial charge in [-0.1, -0.05) is 0 Å². The summed E-state index contributed by atoms with van der Waals surface area (Å²) in [5.74, 6) is -1.66. The number of aliphatic carboxylic acids is 1. The maximum Gasteiger partial charge on any atom is 0.129 e. The zero-order valence-electron chi connectivity index (χ0n) is 3.40. The molecule has 0 aromatic heterocycles. The highest BCUT2D eigenvalue weighted by Gasteiger charge is 1.70. The molecule has 0 spiro atoms. The van der Waals surface area contributed by atoms with Crippen LogP contribution in [0.1, 0.15) is 0 Å². The van der Waals surface area contributed by atoms with Crippen LogP contribution >= 0.6 is 0 Å². The first-order chi connectivity index (χ1) is 2.27. The molecule has 0 aliphatic heterocycles. The van der Waals surface area contributed by atoms with E-state index in [0.717, 1.165) is 0 Å². The third kappa shape index (κ3) is 10.1. The van der Waals surface area contributed by atoms with Crippen molar-refractivity contribution in [2.75, 3.05) is 6.67 Å². The third-order valence-corrected chi connectivity index (χ3v) is 0.109. The average Bonchev–Trinajstić information content (AvgIpc) is 1.38. The number of carboxylic acids is 1. The fourth-order valence-corrected chi connectivity index (χ4v) is 0. The first-order valence-corrected chi connectivity index (χ1v) is 1.03. The third-order valence-electron chi connectivity index (χ3n) is 0.109. The van der Waals surface area contributed by atoms with E-state index in [1.165, 1.54) is 0 Å². The van der Waals surface area contributed by atoms with E-state index in [1.807, 2.05) is 0 Å². The van der Waals surface area contributed by atoms with Crippen LogP contribution in [0.2, 0.25) is 0 Å². The Hall–Kier alpha value is -0.640. The lowest BCUT2D eigenvalue weighted by Crippen LogP contribution is -2.23. The van der Waals surface area contributed by atoms with Gasteiger partial charge in [-0.25, -0.2) is 4.39 Å². The minimum atomic E-state index is -1.66. The molecule has 0 atom stereocenters. The van der Waals surface area contributed by atoms with Crippen molar-refractivity contribution >= 4 is 5.97 Å². The average molecular weight is 97.1 g/mol. The number of carbonyl (C=O) groups excluding carboxylic acids is 1. The number of rotatable bonds is 1. The number of hydrogen-bond acceptors (Lipinski definition) is 2. The molecule has 4 heteroatoms. The maximum atomic E-state index is 10.5. The van der Waals surface area contributed by atoms with Gasteiger partial charge in [0.25, 0.3) is 0 Å².